The van der Waals surface area contributed by atoms with E-state index < -0.39 is 14.3 Å². The highest BCUT2D eigenvalue weighted by molar-refractivity contribution is 6.78. The van der Waals surface area contributed by atoms with Crippen molar-refractivity contribution < 1.29 is 28.2 Å². The molecule has 0 saturated heterocycles. The zero-order chi connectivity index (χ0) is 28.2. The average molecular weight is 542 g/mol. The first kappa shape index (κ1) is 29.4. The van der Waals surface area contributed by atoms with Crippen LogP contribution in [0.15, 0.2) is 36.4 Å². The summed E-state index contributed by atoms with van der Waals surface area (Å²) in [6.45, 7) is 15.9. The van der Waals surface area contributed by atoms with Crippen LogP contribution in [0.4, 0.5) is 0 Å². The fourth-order valence-electron chi connectivity index (χ4n) is 5.77. The Balaban J connectivity index is 2.40. The Morgan fingerprint density at radius 1 is 0.842 bits per heavy atom. The second-order valence-electron chi connectivity index (χ2n) is 10.5. The van der Waals surface area contributed by atoms with Crippen LogP contribution in [0.1, 0.15) is 64.4 Å². The SMILES string of the molecule is CCOC(=O)c1c(O[Si](C(C)C)(C(C)C)C(C)C)n(Cc2ccc(OC)cc2OC)c2cc(OC)ccc12. The Hall–Kier alpha value is -3.13. The Labute approximate surface area is 228 Å². The highest BCUT2D eigenvalue weighted by Gasteiger charge is 2.48. The lowest BCUT2D eigenvalue weighted by Crippen LogP contribution is -2.51. The quantitative estimate of drug-likeness (QED) is 0.175. The number of nitrogens with zero attached hydrogens (tertiary/aromatic N) is 1. The van der Waals surface area contributed by atoms with Gasteiger partial charge in [-0.1, -0.05) is 41.5 Å². The molecule has 3 aromatic rings. The van der Waals surface area contributed by atoms with E-state index >= 15 is 0 Å². The van der Waals surface area contributed by atoms with Gasteiger partial charge in [0.25, 0.3) is 8.32 Å². The number of carbonyl (C=O) groups is 1. The molecular weight excluding hydrogens is 498 g/mol. The number of benzene rings is 2. The van der Waals surface area contributed by atoms with Crippen LogP contribution in [0, 0.1) is 0 Å². The van der Waals surface area contributed by atoms with Crippen LogP contribution in [0.25, 0.3) is 10.9 Å². The molecule has 0 unspecified atom stereocenters. The zero-order valence-electron chi connectivity index (χ0n) is 24.5. The Morgan fingerprint density at radius 2 is 1.42 bits per heavy atom. The van der Waals surface area contributed by atoms with Gasteiger partial charge in [0, 0.05) is 23.1 Å². The van der Waals surface area contributed by atoms with Gasteiger partial charge in [0.2, 0.25) is 0 Å². The maximum absolute atomic E-state index is 13.5. The van der Waals surface area contributed by atoms with Crippen molar-refractivity contribution >= 4 is 25.2 Å². The van der Waals surface area contributed by atoms with E-state index in [4.69, 9.17) is 23.4 Å². The van der Waals surface area contributed by atoms with Crippen molar-refractivity contribution in [3.8, 4) is 23.1 Å². The first-order valence-electron chi connectivity index (χ1n) is 13.3. The molecular formula is C30H43NO6Si. The van der Waals surface area contributed by atoms with Crippen LogP contribution in [-0.2, 0) is 11.3 Å². The number of carbonyl (C=O) groups excluding carboxylic acids is 1. The van der Waals surface area contributed by atoms with Crippen molar-refractivity contribution in [3.05, 3.63) is 47.5 Å². The van der Waals surface area contributed by atoms with E-state index in [-0.39, 0.29) is 6.61 Å². The molecule has 0 atom stereocenters. The number of methoxy groups -OCH3 is 3. The molecule has 0 saturated carbocycles. The lowest BCUT2D eigenvalue weighted by Gasteiger charge is -2.42. The van der Waals surface area contributed by atoms with Gasteiger partial charge in [0.15, 0.2) is 5.88 Å². The highest BCUT2D eigenvalue weighted by atomic mass is 28.4. The molecule has 0 aliphatic heterocycles. The second-order valence-corrected chi connectivity index (χ2v) is 15.8. The van der Waals surface area contributed by atoms with Gasteiger partial charge >= 0.3 is 5.97 Å². The van der Waals surface area contributed by atoms with E-state index in [1.807, 2.05) is 43.3 Å². The maximum atomic E-state index is 13.5. The number of ether oxygens (including phenoxy) is 4. The van der Waals surface area contributed by atoms with Crippen LogP contribution >= 0.6 is 0 Å². The smallest absolute Gasteiger partial charge is 0.344 e. The van der Waals surface area contributed by atoms with E-state index in [9.17, 15) is 4.79 Å². The first-order valence-corrected chi connectivity index (χ1v) is 15.5. The first-order chi connectivity index (χ1) is 18.0. The van der Waals surface area contributed by atoms with Crippen LogP contribution < -0.4 is 18.6 Å². The van der Waals surface area contributed by atoms with Crippen LogP contribution in [-0.4, -0.2) is 46.8 Å². The van der Waals surface area contributed by atoms with Gasteiger partial charge in [-0.2, -0.15) is 0 Å². The van der Waals surface area contributed by atoms with E-state index in [0.29, 0.717) is 51.9 Å². The summed E-state index contributed by atoms with van der Waals surface area (Å²) in [5.74, 6) is 2.25. The zero-order valence-corrected chi connectivity index (χ0v) is 25.5. The van der Waals surface area contributed by atoms with E-state index in [2.05, 4.69) is 46.1 Å². The van der Waals surface area contributed by atoms with Crippen LogP contribution in [0.5, 0.6) is 23.1 Å². The molecule has 0 fully saturated rings. The average Bonchev–Trinajstić information content (AvgIpc) is 3.18. The maximum Gasteiger partial charge on any atom is 0.344 e. The number of rotatable bonds is 12. The molecule has 0 aliphatic carbocycles. The number of fused-ring (bicyclic) bond motifs is 1. The lowest BCUT2D eigenvalue weighted by atomic mass is 10.1. The standard InChI is InChI=1S/C30H43NO6Si/c1-11-36-30(32)28-25-15-14-23(33-8)16-26(25)31(18-22-12-13-24(34-9)17-27(22)35-10)29(28)37-38(19(2)3,20(4)5)21(6)7/h12-17,19-21H,11,18H2,1-10H3. The molecule has 38 heavy (non-hydrogen) atoms. The summed E-state index contributed by atoms with van der Waals surface area (Å²) in [6, 6.07) is 11.5. The van der Waals surface area contributed by atoms with Gasteiger partial charge < -0.3 is 27.9 Å². The number of hydrogen-bond donors (Lipinski definition) is 0. The summed E-state index contributed by atoms with van der Waals surface area (Å²) >= 11 is 0. The minimum Gasteiger partial charge on any atom is -0.530 e. The monoisotopic (exact) mass is 541 g/mol. The Kier molecular flexibility index (Phi) is 9.41. The van der Waals surface area contributed by atoms with Crippen molar-refractivity contribution in [1.29, 1.82) is 0 Å². The van der Waals surface area contributed by atoms with Gasteiger partial charge in [-0.3, -0.25) is 0 Å². The molecule has 0 radical (unpaired) electrons. The van der Waals surface area contributed by atoms with E-state index in [1.165, 1.54) is 0 Å². The Bertz CT molecular complexity index is 1240. The lowest BCUT2D eigenvalue weighted by molar-refractivity contribution is 0.0525. The van der Waals surface area contributed by atoms with Gasteiger partial charge in [-0.05, 0) is 47.8 Å². The fraction of sp³-hybridized carbons (Fsp3) is 0.500. The van der Waals surface area contributed by atoms with Crippen LogP contribution in [0.2, 0.25) is 16.6 Å². The molecule has 0 N–H and O–H groups in total. The third-order valence-corrected chi connectivity index (χ3v) is 13.5. The highest BCUT2D eigenvalue weighted by Crippen LogP contribution is 2.46. The normalized spacial score (nSPS) is 11.9. The summed E-state index contributed by atoms with van der Waals surface area (Å²) in [6.07, 6.45) is 0. The van der Waals surface area contributed by atoms with Gasteiger partial charge in [-0.25, -0.2) is 4.79 Å². The summed E-state index contributed by atoms with van der Waals surface area (Å²) < 4.78 is 31.6. The van der Waals surface area contributed by atoms with Crippen molar-refractivity contribution in [2.75, 3.05) is 27.9 Å². The third-order valence-electron chi connectivity index (χ3n) is 7.51. The predicted molar refractivity (Wildman–Crippen MR) is 155 cm³/mol. The number of hydrogen-bond acceptors (Lipinski definition) is 6. The van der Waals surface area contributed by atoms with Crippen molar-refractivity contribution in [2.45, 2.75) is 71.6 Å². The van der Waals surface area contributed by atoms with E-state index in [0.717, 1.165) is 16.5 Å². The molecule has 0 aliphatic rings. The molecule has 0 amide bonds. The molecule has 8 heteroatoms. The second kappa shape index (κ2) is 12.2. The van der Waals surface area contributed by atoms with Crippen molar-refractivity contribution in [3.63, 3.8) is 0 Å². The van der Waals surface area contributed by atoms with Gasteiger partial charge in [0.05, 0.1) is 40.0 Å². The summed E-state index contributed by atoms with van der Waals surface area (Å²) in [4.78, 5) is 13.5. The van der Waals surface area contributed by atoms with E-state index in [1.54, 1.807) is 21.3 Å². The molecule has 2 aromatic carbocycles. The predicted octanol–water partition coefficient (Wildman–Crippen LogP) is 7.45. The number of esters is 1. The van der Waals surface area contributed by atoms with Crippen molar-refractivity contribution in [2.24, 2.45) is 0 Å². The molecule has 208 valence electrons. The Morgan fingerprint density at radius 3 is 1.95 bits per heavy atom. The van der Waals surface area contributed by atoms with Crippen LogP contribution in [0.3, 0.4) is 0 Å². The fourth-order valence-corrected chi connectivity index (χ4v) is 11.0. The van der Waals surface area contributed by atoms with Crippen molar-refractivity contribution in [1.82, 2.24) is 4.57 Å². The summed E-state index contributed by atoms with van der Waals surface area (Å²) in [5.41, 5.74) is 3.16. The van der Waals surface area contributed by atoms with Gasteiger partial charge in [-0.15, -0.1) is 0 Å². The molecule has 7 nitrogen and oxygen atoms in total. The third kappa shape index (κ3) is 5.37. The minimum absolute atomic E-state index is 0.272. The topological polar surface area (TPSA) is 68.2 Å². The van der Waals surface area contributed by atoms with Gasteiger partial charge in [0.1, 0.15) is 22.8 Å². The molecule has 1 heterocycles. The number of aromatic nitrogens is 1. The minimum atomic E-state index is -2.45. The summed E-state index contributed by atoms with van der Waals surface area (Å²) in [5, 5.41) is 0.769. The molecule has 0 bridgehead atoms. The molecule has 1 aromatic heterocycles. The largest absolute Gasteiger partial charge is 0.530 e. The summed E-state index contributed by atoms with van der Waals surface area (Å²) in [7, 11) is 2.46. The molecule has 3 rings (SSSR count). The molecule has 0 spiro atoms.